The maximum atomic E-state index is 13.4. The number of anilines is 1. The zero-order chi connectivity index (χ0) is 14.7. The Hall–Kier alpha value is -2.50. The number of hydrogen-bond donors (Lipinski definition) is 1. The Morgan fingerprint density at radius 2 is 1.85 bits per heavy atom. The van der Waals surface area contributed by atoms with Gasteiger partial charge in [-0.25, -0.2) is 8.78 Å². The minimum Gasteiger partial charge on any atom is -0.381 e. The fourth-order valence-electron chi connectivity index (χ4n) is 1.86. The first-order valence-electron chi connectivity index (χ1n) is 5.91. The molecule has 0 atom stereocenters. The van der Waals surface area contributed by atoms with Gasteiger partial charge in [0, 0.05) is 29.4 Å². The van der Waals surface area contributed by atoms with Crippen LogP contribution in [0.15, 0.2) is 36.4 Å². The first-order chi connectivity index (χ1) is 9.49. The number of hydrogen-bond acceptors (Lipinski definition) is 3. The van der Waals surface area contributed by atoms with E-state index in [1.807, 2.05) is 0 Å². The number of rotatable bonds is 4. The van der Waals surface area contributed by atoms with Gasteiger partial charge in [-0.1, -0.05) is 6.07 Å². The molecule has 0 aromatic heterocycles. The number of nitrogens with zero attached hydrogens (tertiary/aromatic N) is 1. The Balaban J connectivity index is 2.16. The van der Waals surface area contributed by atoms with Crippen molar-refractivity contribution in [1.82, 2.24) is 0 Å². The van der Waals surface area contributed by atoms with Crippen molar-refractivity contribution in [2.75, 3.05) is 5.32 Å². The first kappa shape index (κ1) is 13.9. The van der Waals surface area contributed by atoms with Crippen molar-refractivity contribution < 1.29 is 13.7 Å². The zero-order valence-electron chi connectivity index (χ0n) is 10.7. The van der Waals surface area contributed by atoms with Gasteiger partial charge in [0.25, 0.3) is 5.69 Å². The summed E-state index contributed by atoms with van der Waals surface area (Å²) in [6.07, 6.45) is 0. The van der Waals surface area contributed by atoms with Crippen molar-refractivity contribution in [2.24, 2.45) is 0 Å². The smallest absolute Gasteiger partial charge is 0.272 e. The van der Waals surface area contributed by atoms with E-state index < -0.39 is 16.6 Å². The first-order valence-corrected chi connectivity index (χ1v) is 5.91. The summed E-state index contributed by atoms with van der Waals surface area (Å²) < 4.78 is 26.9. The molecule has 104 valence electrons. The maximum absolute atomic E-state index is 13.4. The third-order valence-corrected chi connectivity index (χ3v) is 2.92. The predicted octanol–water partition coefficient (Wildman–Crippen LogP) is 3.79. The van der Waals surface area contributed by atoms with E-state index in [-0.39, 0.29) is 17.8 Å². The molecule has 20 heavy (non-hydrogen) atoms. The highest BCUT2D eigenvalue weighted by atomic mass is 19.1. The molecule has 2 aromatic rings. The maximum Gasteiger partial charge on any atom is 0.272 e. The molecule has 0 aliphatic heterocycles. The van der Waals surface area contributed by atoms with Crippen LogP contribution >= 0.6 is 0 Å². The van der Waals surface area contributed by atoms with Crippen molar-refractivity contribution in [3.8, 4) is 0 Å². The van der Waals surface area contributed by atoms with Crippen molar-refractivity contribution >= 4 is 11.4 Å². The summed E-state index contributed by atoms with van der Waals surface area (Å²) in [5, 5.41) is 13.5. The van der Waals surface area contributed by atoms with Crippen molar-refractivity contribution in [1.29, 1.82) is 0 Å². The molecular weight excluding hydrogens is 266 g/mol. The number of nitro groups is 1. The van der Waals surface area contributed by atoms with E-state index in [0.29, 0.717) is 11.3 Å². The van der Waals surface area contributed by atoms with Gasteiger partial charge in [-0.3, -0.25) is 10.1 Å². The minimum atomic E-state index is -0.629. The topological polar surface area (TPSA) is 55.2 Å². The Bertz CT molecular complexity index is 639. The van der Waals surface area contributed by atoms with Gasteiger partial charge < -0.3 is 5.32 Å². The lowest BCUT2D eigenvalue weighted by atomic mass is 10.1. The third-order valence-electron chi connectivity index (χ3n) is 2.92. The van der Waals surface area contributed by atoms with Gasteiger partial charge >= 0.3 is 0 Å². The van der Waals surface area contributed by atoms with E-state index in [1.54, 1.807) is 13.0 Å². The molecule has 0 aliphatic carbocycles. The zero-order valence-corrected chi connectivity index (χ0v) is 10.7. The number of nitrogens with one attached hydrogen (secondary N) is 1. The van der Waals surface area contributed by atoms with Gasteiger partial charge in [-0.15, -0.1) is 0 Å². The molecule has 4 nitrogen and oxygen atoms in total. The van der Waals surface area contributed by atoms with Crippen LogP contribution in [0.1, 0.15) is 11.1 Å². The second kappa shape index (κ2) is 5.64. The average molecular weight is 278 g/mol. The number of aryl methyl sites for hydroxylation is 1. The quantitative estimate of drug-likeness (QED) is 0.683. The van der Waals surface area contributed by atoms with Crippen LogP contribution in [0.2, 0.25) is 0 Å². The van der Waals surface area contributed by atoms with E-state index >= 15 is 0 Å². The molecule has 2 rings (SSSR count). The molecule has 1 N–H and O–H groups in total. The van der Waals surface area contributed by atoms with Crippen molar-refractivity contribution in [3.05, 3.63) is 69.3 Å². The van der Waals surface area contributed by atoms with Crippen LogP contribution in [-0.4, -0.2) is 4.92 Å². The van der Waals surface area contributed by atoms with Crippen LogP contribution in [0.3, 0.4) is 0 Å². The van der Waals surface area contributed by atoms with Crippen LogP contribution in [0.25, 0.3) is 0 Å². The van der Waals surface area contributed by atoms with E-state index in [4.69, 9.17) is 0 Å². The second-order valence-corrected chi connectivity index (χ2v) is 4.31. The Morgan fingerprint density at radius 1 is 1.20 bits per heavy atom. The van der Waals surface area contributed by atoms with Gasteiger partial charge in [0.05, 0.1) is 4.92 Å². The molecule has 0 unspecified atom stereocenters. The van der Waals surface area contributed by atoms with Crippen molar-refractivity contribution in [2.45, 2.75) is 13.5 Å². The number of benzene rings is 2. The Morgan fingerprint density at radius 3 is 2.40 bits per heavy atom. The fraction of sp³-hybridized carbons (Fsp3) is 0.143. The highest BCUT2D eigenvalue weighted by Gasteiger charge is 2.11. The van der Waals surface area contributed by atoms with Crippen LogP contribution < -0.4 is 5.32 Å². The van der Waals surface area contributed by atoms with E-state index in [1.165, 1.54) is 30.3 Å². The van der Waals surface area contributed by atoms with Crippen LogP contribution in [-0.2, 0) is 6.54 Å². The molecule has 2 aromatic carbocycles. The molecular formula is C14H12F2N2O2. The normalized spacial score (nSPS) is 10.3. The van der Waals surface area contributed by atoms with E-state index in [0.717, 1.165) is 0 Å². The van der Waals surface area contributed by atoms with Crippen LogP contribution in [0.4, 0.5) is 20.2 Å². The van der Waals surface area contributed by atoms with Gasteiger partial charge in [0.1, 0.15) is 11.6 Å². The summed E-state index contributed by atoms with van der Waals surface area (Å²) in [7, 11) is 0. The lowest BCUT2D eigenvalue weighted by molar-refractivity contribution is -0.385. The highest BCUT2D eigenvalue weighted by molar-refractivity contribution is 5.53. The standard InChI is InChI=1S/C14H12F2N2O2/c1-9-7-10(5-6-14(9)18(19)20)17-8-11-12(15)3-2-4-13(11)16/h2-7,17H,8H2,1H3. The molecule has 0 saturated carbocycles. The summed E-state index contributed by atoms with van der Waals surface area (Å²) >= 11 is 0. The molecule has 0 fully saturated rings. The van der Waals surface area contributed by atoms with E-state index in [9.17, 15) is 18.9 Å². The monoisotopic (exact) mass is 278 g/mol. The second-order valence-electron chi connectivity index (χ2n) is 4.31. The summed E-state index contributed by atoms with van der Waals surface area (Å²) in [5.41, 5.74) is 0.987. The molecule has 0 radical (unpaired) electrons. The number of halogens is 2. The Kier molecular flexibility index (Phi) is 3.93. The molecule has 0 bridgehead atoms. The summed E-state index contributed by atoms with van der Waals surface area (Å²) in [6, 6.07) is 8.09. The number of nitro benzene ring substituents is 1. The van der Waals surface area contributed by atoms with Crippen LogP contribution in [0.5, 0.6) is 0 Å². The van der Waals surface area contributed by atoms with Gasteiger partial charge in [0.15, 0.2) is 0 Å². The summed E-state index contributed by atoms with van der Waals surface area (Å²) in [4.78, 5) is 10.2. The summed E-state index contributed by atoms with van der Waals surface area (Å²) in [6.45, 7) is 1.57. The SMILES string of the molecule is Cc1cc(NCc2c(F)cccc2F)ccc1[N+](=O)[O-]. The Labute approximate surface area is 114 Å². The lowest BCUT2D eigenvalue weighted by Crippen LogP contribution is -2.05. The largest absolute Gasteiger partial charge is 0.381 e. The molecule has 0 saturated heterocycles. The van der Waals surface area contributed by atoms with Gasteiger partial charge in [0.2, 0.25) is 0 Å². The lowest BCUT2D eigenvalue weighted by Gasteiger charge is -2.09. The fourth-order valence-corrected chi connectivity index (χ4v) is 1.86. The third kappa shape index (κ3) is 2.90. The molecule has 0 heterocycles. The summed E-state index contributed by atoms with van der Waals surface area (Å²) in [5.74, 6) is -1.26. The van der Waals surface area contributed by atoms with Crippen molar-refractivity contribution in [3.63, 3.8) is 0 Å². The van der Waals surface area contributed by atoms with Crippen LogP contribution in [0, 0.1) is 28.7 Å². The molecule has 0 spiro atoms. The van der Waals surface area contributed by atoms with Gasteiger partial charge in [-0.2, -0.15) is 0 Å². The van der Waals surface area contributed by atoms with E-state index in [2.05, 4.69) is 5.32 Å². The van der Waals surface area contributed by atoms with Gasteiger partial charge in [-0.05, 0) is 31.2 Å². The highest BCUT2D eigenvalue weighted by Crippen LogP contribution is 2.22. The minimum absolute atomic E-state index is 0.00706. The molecule has 0 amide bonds. The predicted molar refractivity (Wildman–Crippen MR) is 71.5 cm³/mol. The average Bonchev–Trinajstić information content (AvgIpc) is 2.37. The molecule has 6 heteroatoms. The molecule has 0 aliphatic rings.